The summed E-state index contributed by atoms with van der Waals surface area (Å²) in [6.45, 7) is 9.06. The van der Waals surface area contributed by atoms with E-state index in [0.717, 1.165) is 22.2 Å². The number of fused-ring (bicyclic) bond motifs is 3. The Kier molecular flexibility index (Phi) is 4.46. The predicted octanol–water partition coefficient (Wildman–Crippen LogP) is 9.14. The van der Waals surface area contributed by atoms with Crippen LogP contribution in [0.2, 0.25) is 0 Å². The highest BCUT2D eigenvalue weighted by Gasteiger charge is 2.22. The smallest absolute Gasteiger partial charge is 0.134 e. The molecule has 3 heteroatoms. The van der Waals surface area contributed by atoms with E-state index in [0.29, 0.717) is 0 Å². The fraction of sp³-hybridized carbons (Fsp3) is 0.167. The molecule has 3 aromatic heterocycles. The van der Waals surface area contributed by atoms with Gasteiger partial charge in [0.05, 0.1) is 5.69 Å². The molecule has 162 valence electrons. The van der Waals surface area contributed by atoms with Gasteiger partial charge in [-0.25, -0.2) is 0 Å². The topological polar surface area (TPSA) is 26.0 Å². The summed E-state index contributed by atoms with van der Waals surface area (Å²) in [5.41, 5.74) is 6.95. The van der Waals surface area contributed by atoms with Gasteiger partial charge in [-0.2, -0.15) is 0 Å². The van der Waals surface area contributed by atoms with Crippen molar-refractivity contribution in [2.24, 2.45) is 0 Å². The Morgan fingerprint density at radius 1 is 0.879 bits per heavy atom. The maximum atomic E-state index is 5.86. The van der Waals surface area contributed by atoms with Gasteiger partial charge in [-0.05, 0) is 58.5 Å². The van der Waals surface area contributed by atoms with E-state index in [4.69, 9.17) is 9.40 Å². The number of hydrogen-bond donors (Lipinski definition) is 0. The van der Waals surface area contributed by atoms with Gasteiger partial charge in [0.1, 0.15) is 11.8 Å². The summed E-state index contributed by atoms with van der Waals surface area (Å²) in [6, 6.07) is 23.7. The van der Waals surface area contributed by atoms with Crippen LogP contribution >= 0.6 is 11.3 Å². The van der Waals surface area contributed by atoms with E-state index < -0.39 is 0 Å². The molecule has 0 aliphatic carbocycles. The van der Waals surface area contributed by atoms with Gasteiger partial charge in [-0.1, -0.05) is 63.2 Å². The molecule has 0 saturated heterocycles. The lowest BCUT2D eigenvalue weighted by Gasteiger charge is -2.23. The van der Waals surface area contributed by atoms with Crippen LogP contribution in [0.1, 0.15) is 31.9 Å². The van der Waals surface area contributed by atoms with E-state index in [1.54, 1.807) is 0 Å². The lowest BCUT2D eigenvalue weighted by molar-refractivity contribution is 0.596. The van der Waals surface area contributed by atoms with E-state index in [-0.39, 0.29) is 5.41 Å². The number of thiophene rings is 1. The Morgan fingerprint density at radius 2 is 1.64 bits per heavy atom. The predicted molar refractivity (Wildman–Crippen MR) is 141 cm³/mol. The molecule has 0 bridgehead atoms. The lowest BCUT2D eigenvalue weighted by Crippen LogP contribution is -2.12. The van der Waals surface area contributed by atoms with Crippen LogP contribution in [-0.4, -0.2) is 4.98 Å². The zero-order valence-electron chi connectivity index (χ0n) is 19.3. The highest BCUT2D eigenvalue weighted by molar-refractivity contribution is 7.22. The standard InChI is InChI=1S/C30H25NOS/c1-18-27-26(33-29(18)23-17-32-25-12-8-7-11-22(23)25)13-14-31-28(27)20-15-19-9-5-6-10-21(19)24(16-20)30(2,3)4/h5-17H,1-4H3. The molecule has 0 atom stereocenters. The third-order valence-electron chi connectivity index (χ3n) is 6.51. The molecule has 6 aromatic rings. The Labute approximate surface area is 197 Å². The van der Waals surface area contributed by atoms with Gasteiger partial charge in [-0.3, -0.25) is 4.98 Å². The molecular weight excluding hydrogens is 422 g/mol. The molecule has 0 aliphatic heterocycles. The highest BCUT2D eigenvalue weighted by Crippen LogP contribution is 2.45. The summed E-state index contributed by atoms with van der Waals surface area (Å²) in [7, 11) is 0. The van der Waals surface area contributed by atoms with Crippen LogP contribution in [0.15, 0.2) is 83.6 Å². The van der Waals surface area contributed by atoms with Crippen molar-refractivity contribution in [1.82, 2.24) is 4.98 Å². The van der Waals surface area contributed by atoms with Crippen molar-refractivity contribution in [3.05, 3.63) is 90.3 Å². The fourth-order valence-corrected chi connectivity index (χ4v) is 6.11. The monoisotopic (exact) mass is 447 g/mol. The second-order valence-corrected chi connectivity index (χ2v) is 10.8. The third kappa shape index (κ3) is 3.19. The van der Waals surface area contributed by atoms with Gasteiger partial charge in [0.25, 0.3) is 0 Å². The van der Waals surface area contributed by atoms with Crippen molar-refractivity contribution in [1.29, 1.82) is 0 Å². The van der Waals surface area contributed by atoms with Crippen LogP contribution < -0.4 is 0 Å². The normalized spacial score (nSPS) is 12.2. The number of para-hydroxylation sites is 1. The first-order chi connectivity index (χ1) is 15.9. The summed E-state index contributed by atoms with van der Waals surface area (Å²) in [4.78, 5) is 6.16. The Balaban J connectivity index is 1.63. The first-order valence-corrected chi connectivity index (χ1v) is 12.1. The largest absolute Gasteiger partial charge is 0.464 e. The van der Waals surface area contributed by atoms with Crippen LogP contribution in [0.3, 0.4) is 0 Å². The van der Waals surface area contributed by atoms with Crippen molar-refractivity contribution in [2.75, 3.05) is 0 Å². The van der Waals surface area contributed by atoms with Crippen LogP contribution in [0.25, 0.3) is 53.5 Å². The molecule has 6 rings (SSSR count). The molecule has 0 radical (unpaired) electrons. The first kappa shape index (κ1) is 20.2. The van der Waals surface area contributed by atoms with Crippen molar-refractivity contribution < 1.29 is 4.42 Å². The molecule has 0 spiro atoms. The number of hydrogen-bond acceptors (Lipinski definition) is 3. The molecule has 0 saturated carbocycles. The fourth-order valence-electron chi connectivity index (χ4n) is 4.89. The molecule has 0 N–H and O–H groups in total. The second-order valence-electron chi connectivity index (χ2n) is 9.73. The second kappa shape index (κ2) is 7.29. The summed E-state index contributed by atoms with van der Waals surface area (Å²) in [5, 5.41) is 4.96. The minimum Gasteiger partial charge on any atom is -0.464 e. The highest BCUT2D eigenvalue weighted by atomic mass is 32.1. The van der Waals surface area contributed by atoms with E-state index in [9.17, 15) is 0 Å². The van der Waals surface area contributed by atoms with Gasteiger partial charge in [0.15, 0.2) is 0 Å². The quantitative estimate of drug-likeness (QED) is 0.264. The molecule has 0 unspecified atom stereocenters. The summed E-state index contributed by atoms with van der Waals surface area (Å²) >= 11 is 1.82. The van der Waals surface area contributed by atoms with E-state index >= 15 is 0 Å². The summed E-state index contributed by atoms with van der Waals surface area (Å²) in [5.74, 6) is 0. The van der Waals surface area contributed by atoms with Crippen molar-refractivity contribution in [2.45, 2.75) is 33.1 Å². The van der Waals surface area contributed by atoms with Crippen molar-refractivity contribution >= 4 is 43.2 Å². The average Bonchev–Trinajstić information content (AvgIpc) is 3.38. The molecule has 33 heavy (non-hydrogen) atoms. The van der Waals surface area contributed by atoms with Crippen molar-refractivity contribution in [3.63, 3.8) is 0 Å². The van der Waals surface area contributed by atoms with Gasteiger partial charge in [-0.15, -0.1) is 11.3 Å². The number of furan rings is 1. The maximum absolute atomic E-state index is 5.86. The first-order valence-electron chi connectivity index (χ1n) is 11.3. The Bertz CT molecular complexity index is 1660. The van der Waals surface area contributed by atoms with Crippen molar-refractivity contribution in [3.8, 4) is 21.7 Å². The van der Waals surface area contributed by atoms with Gasteiger partial charge in [0, 0.05) is 37.7 Å². The van der Waals surface area contributed by atoms with Gasteiger partial charge >= 0.3 is 0 Å². The zero-order valence-corrected chi connectivity index (χ0v) is 20.1. The Hall–Kier alpha value is -3.43. The summed E-state index contributed by atoms with van der Waals surface area (Å²) < 4.78 is 7.11. The van der Waals surface area contributed by atoms with Crippen LogP contribution in [0.4, 0.5) is 0 Å². The number of aromatic nitrogens is 1. The van der Waals surface area contributed by atoms with E-state index in [2.05, 4.69) is 82.3 Å². The van der Waals surface area contributed by atoms with Gasteiger partial charge < -0.3 is 4.42 Å². The molecule has 2 nitrogen and oxygen atoms in total. The zero-order chi connectivity index (χ0) is 22.7. The molecule has 0 amide bonds. The van der Waals surface area contributed by atoms with Crippen LogP contribution in [0.5, 0.6) is 0 Å². The molecule has 3 aromatic carbocycles. The van der Waals surface area contributed by atoms with Crippen LogP contribution in [0, 0.1) is 6.92 Å². The molecule has 0 aliphatic rings. The van der Waals surface area contributed by atoms with E-state index in [1.807, 2.05) is 35.9 Å². The SMILES string of the molecule is Cc1c(-c2coc3ccccc23)sc2ccnc(-c3cc(C(C)(C)C)c4ccccc4c3)c12. The number of nitrogens with zero attached hydrogens (tertiary/aromatic N) is 1. The molecular formula is C30H25NOS. The minimum absolute atomic E-state index is 0.0358. The minimum atomic E-state index is 0.0358. The summed E-state index contributed by atoms with van der Waals surface area (Å²) in [6.07, 6.45) is 3.83. The van der Waals surface area contributed by atoms with Gasteiger partial charge in [0.2, 0.25) is 0 Å². The maximum Gasteiger partial charge on any atom is 0.134 e. The Morgan fingerprint density at radius 3 is 2.45 bits per heavy atom. The third-order valence-corrected chi connectivity index (χ3v) is 7.80. The number of benzene rings is 3. The number of rotatable bonds is 2. The average molecular weight is 448 g/mol. The lowest BCUT2D eigenvalue weighted by atomic mass is 9.82. The number of aryl methyl sites for hydroxylation is 1. The van der Waals surface area contributed by atoms with E-state index in [1.165, 1.54) is 42.4 Å². The van der Waals surface area contributed by atoms with Crippen LogP contribution in [-0.2, 0) is 5.41 Å². The molecule has 0 fully saturated rings. The number of pyridine rings is 1. The molecule has 3 heterocycles.